The monoisotopic (exact) mass is 290 g/mol. The van der Waals surface area contributed by atoms with Gasteiger partial charge in [-0.05, 0) is 52.2 Å². The summed E-state index contributed by atoms with van der Waals surface area (Å²) in [4.78, 5) is 2.48. The van der Waals surface area contributed by atoms with E-state index in [0.717, 1.165) is 19.6 Å². The molecule has 118 valence electrons. The Bertz CT molecular complexity index is 465. The second-order valence-electron chi connectivity index (χ2n) is 7.18. The molecule has 1 heterocycles. The lowest BCUT2D eigenvalue weighted by Gasteiger charge is -2.35. The molecule has 0 amide bonds. The summed E-state index contributed by atoms with van der Waals surface area (Å²) in [6, 6.07) is 6.80. The lowest BCUT2D eigenvalue weighted by molar-refractivity contribution is 0.0893. The van der Waals surface area contributed by atoms with Crippen molar-refractivity contribution in [2.45, 2.75) is 58.7 Å². The van der Waals surface area contributed by atoms with E-state index in [1.165, 1.54) is 29.7 Å². The number of hydrogen-bond acceptors (Lipinski definition) is 3. The van der Waals surface area contributed by atoms with Crippen LogP contribution in [-0.4, -0.2) is 31.8 Å². The molecule has 0 bridgehead atoms. The Hall–Kier alpha value is -1.06. The highest BCUT2D eigenvalue weighted by molar-refractivity contribution is 5.55. The Kier molecular flexibility index (Phi) is 5.28. The van der Waals surface area contributed by atoms with Crippen molar-refractivity contribution in [1.29, 1.82) is 0 Å². The number of nitrogens with one attached hydrogen (secondary N) is 1. The Labute approximate surface area is 129 Å². The highest BCUT2D eigenvalue weighted by Crippen LogP contribution is 2.26. The van der Waals surface area contributed by atoms with Crippen molar-refractivity contribution in [2.24, 2.45) is 0 Å². The maximum atomic E-state index is 5.56. The second kappa shape index (κ2) is 6.80. The molecule has 1 saturated heterocycles. The molecule has 1 N–H and O–H groups in total. The van der Waals surface area contributed by atoms with Gasteiger partial charge in [0.05, 0.1) is 6.10 Å². The third kappa shape index (κ3) is 4.72. The van der Waals surface area contributed by atoms with Gasteiger partial charge in [-0.1, -0.05) is 17.7 Å². The molecule has 1 aromatic rings. The summed E-state index contributed by atoms with van der Waals surface area (Å²) in [5, 5.41) is 3.61. The molecule has 2 rings (SSSR count). The van der Waals surface area contributed by atoms with Gasteiger partial charge in [0, 0.05) is 38.0 Å². The van der Waals surface area contributed by atoms with Crippen LogP contribution in [0.1, 0.15) is 44.7 Å². The molecule has 1 aliphatic heterocycles. The standard InChI is InChI=1S/C18H30N2O/c1-14-8-9-17(15(11-14)12-19-18(2,3)4)20-10-6-7-16(13-20)21-5/h8-9,11,16,19H,6-7,10,12-13H2,1-5H3. The van der Waals surface area contributed by atoms with Gasteiger partial charge in [-0.3, -0.25) is 0 Å². The Morgan fingerprint density at radius 1 is 1.33 bits per heavy atom. The SMILES string of the molecule is COC1CCCN(c2ccc(C)cc2CNC(C)(C)C)C1. The van der Waals surface area contributed by atoms with Crippen LogP contribution in [0.25, 0.3) is 0 Å². The summed E-state index contributed by atoms with van der Waals surface area (Å²) < 4.78 is 5.56. The molecule has 0 spiro atoms. The third-order valence-electron chi connectivity index (χ3n) is 4.10. The van der Waals surface area contributed by atoms with Gasteiger partial charge in [0.2, 0.25) is 0 Å². The van der Waals surface area contributed by atoms with Gasteiger partial charge in [0.25, 0.3) is 0 Å². The molecule has 0 radical (unpaired) electrons. The summed E-state index contributed by atoms with van der Waals surface area (Å²) in [6.07, 6.45) is 2.75. The molecule has 3 nitrogen and oxygen atoms in total. The average molecular weight is 290 g/mol. The minimum absolute atomic E-state index is 0.137. The molecule has 21 heavy (non-hydrogen) atoms. The Morgan fingerprint density at radius 2 is 2.10 bits per heavy atom. The van der Waals surface area contributed by atoms with E-state index in [9.17, 15) is 0 Å². The van der Waals surface area contributed by atoms with Gasteiger partial charge in [-0.2, -0.15) is 0 Å². The van der Waals surface area contributed by atoms with Crippen LogP contribution in [0.4, 0.5) is 5.69 Å². The first-order valence-corrected chi connectivity index (χ1v) is 8.01. The minimum Gasteiger partial charge on any atom is -0.380 e. The number of rotatable bonds is 4. The van der Waals surface area contributed by atoms with Crippen molar-refractivity contribution in [3.05, 3.63) is 29.3 Å². The van der Waals surface area contributed by atoms with E-state index >= 15 is 0 Å². The predicted molar refractivity (Wildman–Crippen MR) is 90.0 cm³/mol. The van der Waals surface area contributed by atoms with Crippen molar-refractivity contribution in [1.82, 2.24) is 5.32 Å². The maximum absolute atomic E-state index is 5.56. The number of anilines is 1. The van der Waals surface area contributed by atoms with Crippen LogP contribution in [-0.2, 0) is 11.3 Å². The smallest absolute Gasteiger partial charge is 0.0746 e. The zero-order valence-corrected chi connectivity index (χ0v) is 14.2. The number of hydrogen-bond donors (Lipinski definition) is 1. The normalized spacial score (nSPS) is 19.9. The fourth-order valence-corrected chi connectivity index (χ4v) is 2.87. The van der Waals surface area contributed by atoms with E-state index in [4.69, 9.17) is 4.74 Å². The van der Waals surface area contributed by atoms with Crippen molar-refractivity contribution >= 4 is 5.69 Å². The van der Waals surface area contributed by atoms with E-state index in [-0.39, 0.29) is 5.54 Å². The van der Waals surface area contributed by atoms with Crippen LogP contribution in [0, 0.1) is 6.92 Å². The number of methoxy groups -OCH3 is 1. The number of benzene rings is 1. The molecule has 0 saturated carbocycles. The molecule has 1 fully saturated rings. The van der Waals surface area contributed by atoms with Crippen molar-refractivity contribution in [3.8, 4) is 0 Å². The summed E-state index contributed by atoms with van der Waals surface area (Å²) >= 11 is 0. The summed E-state index contributed by atoms with van der Waals surface area (Å²) in [7, 11) is 1.82. The van der Waals surface area contributed by atoms with Gasteiger partial charge in [-0.15, -0.1) is 0 Å². The lowest BCUT2D eigenvalue weighted by Crippen LogP contribution is -2.40. The number of piperidine rings is 1. The van der Waals surface area contributed by atoms with Crippen LogP contribution in [0.15, 0.2) is 18.2 Å². The molecule has 3 heteroatoms. The van der Waals surface area contributed by atoms with Gasteiger partial charge in [0.1, 0.15) is 0 Å². The predicted octanol–water partition coefficient (Wildman–Crippen LogP) is 3.50. The topological polar surface area (TPSA) is 24.5 Å². The fourth-order valence-electron chi connectivity index (χ4n) is 2.87. The fraction of sp³-hybridized carbons (Fsp3) is 0.667. The van der Waals surface area contributed by atoms with Gasteiger partial charge in [0.15, 0.2) is 0 Å². The first-order chi connectivity index (χ1) is 9.89. The van der Waals surface area contributed by atoms with Crippen LogP contribution >= 0.6 is 0 Å². The summed E-state index contributed by atoms with van der Waals surface area (Å²) in [6.45, 7) is 11.8. The highest BCUT2D eigenvalue weighted by Gasteiger charge is 2.22. The molecular weight excluding hydrogens is 260 g/mol. The van der Waals surface area contributed by atoms with E-state index in [0.29, 0.717) is 6.10 Å². The van der Waals surface area contributed by atoms with Gasteiger partial charge in [-0.25, -0.2) is 0 Å². The highest BCUT2D eigenvalue weighted by atomic mass is 16.5. The zero-order chi connectivity index (χ0) is 15.5. The first-order valence-electron chi connectivity index (χ1n) is 8.01. The quantitative estimate of drug-likeness (QED) is 0.918. The van der Waals surface area contributed by atoms with Crippen LogP contribution < -0.4 is 10.2 Å². The first kappa shape index (κ1) is 16.3. The Morgan fingerprint density at radius 3 is 2.76 bits per heavy atom. The largest absolute Gasteiger partial charge is 0.380 e. The van der Waals surface area contributed by atoms with Gasteiger partial charge < -0.3 is 15.0 Å². The molecule has 1 unspecified atom stereocenters. The Balaban J connectivity index is 2.17. The van der Waals surface area contributed by atoms with Crippen molar-refractivity contribution in [3.63, 3.8) is 0 Å². The maximum Gasteiger partial charge on any atom is 0.0746 e. The van der Waals surface area contributed by atoms with Crippen LogP contribution in [0.2, 0.25) is 0 Å². The van der Waals surface area contributed by atoms with E-state index < -0.39 is 0 Å². The molecule has 0 aliphatic carbocycles. The third-order valence-corrected chi connectivity index (χ3v) is 4.10. The average Bonchev–Trinajstić information content (AvgIpc) is 2.44. The minimum atomic E-state index is 0.137. The number of nitrogens with zero attached hydrogens (tertiary/aromatic N) is 1. The van der Waals surface area contributed by atoms with E-state index in [2.05, 4.69) is 56.1 Å². The molecule has 1 aliphatic rings. The second-order valence-corrected chi connectivity index (χ2v) is 7.18. The molecule has 1 aromatic carbocycles. The van der Waals surface area contributed by atoms with Crippen molar-refractivity contribution < 1.29 is 4.74 Å². The van der Waals surface area contributed by atoms with Crippen LogP contribution in [0.3, 0.4) is 0 Å². The van der Waals surface area contributed by atoms with E-state index in [1.54, 1.807) is 0 Å². The van der Waals surface area contributed by atoms with E-state index in [1.807, 2.05) is 7.11 Å². The molecule has 0 aromatic heterocycles. The van der Waals surface area contributed by atoms with Crippen molar-refractivity contribution in [2.75, 3.05) is 25.1 Å². The zero-order valence-electron chi connectivity index (χ0n) is 14.2. The van der Waals surface area contributed by atoms with Gasteiger partial charge >= 0.3 is 0 Å². The lowest BCUT2D eigenvalue weighted by atomic mass is 10.0. The number of aryl methyl sites for hydroxylation is 1. The van der Waals surface area contributed by atoms with Crippen LogP contribution in [0.5, 0.6) is 0 Å². The number of ether oxygens (including phenoxy) is 1. The molecule has 1 atom stereocenters. The summed E-state index contributed by atoms with van der Waals surface area (Å²) in [5.41, 5.74) is 4.21. The summed E-state index contributed by atoms with van der Waals surface area (Å²) in [5.74, 6) is 0. The molecular formula is C18H30N2O.